The number of aliphatic carboxylic acids is 1. The molecule has 0 aromatic heterocycles. The average Bonchev–Trinajstić information content (AvgIpc) is 2.82. The molecule has 2 unspecified atom stereocenters. The molecular weight excluding hydrogens is 476 g/mol. The topological polar surface area (TPSA) is 113 Å². The lowest BCUT2D eigenvalue weighted by Crippen LogP contribution is -2.70. The van der Waals surface area contributed by atoms with E-state index in [9.17, 15) is 24.3 Å². The lowest BCUT2D eigenvalue weighted by Gasteiger charge is -2.49. The molecule has 2 atom stereocenters. The van der Waals surface area contributed by atoms with Crippen LogP contribution in [0.2, 0.25) is 0 Å². The maximum atomic E-state index is 12.7. The molecule has 8 nitrogen and oxygen atoms in total. The fraction of sp³-hybridized carbons (Fsp3) is 0.250. The van der Waals surface area contributed by atoms with Crippen LogP contribution in [0.1, 0.15) is 6.92 Å². The van der Waals surface area contributed by atoms with Crippen LogP contribution >= 0.6 is 23.5 Å². The molecule has 2 aliphatic heterocycles. The fourth-order valence-corrected chi connectivity index (χ4v) is 5.82. The van der Waals surface area contributed by atoms with Crippen LogP contribution in [0.5, 0.6) is 0 Å². The summed E-state index contributed by atoms with van der Waals surface area (Å²) < 4.78 is 4.82. The number of carbonyl (C=O) groups is 4. The largest absolute Gasteiger partial charge is 0.477 e. The summed E-state index contributed by atoms with van der Waals surface area (Å²) in [5.41, 5.74) is 0.342. The highest BCUT2D eigenvalue weighted by Crippen LogP contribution is 2.40. The third-order valence-corrected chi connectivity index (χ3v) is 7.61. The van der Waals surface area contributed by atoms with Crippen LogP contribution in [-0.2, 0) is 23.9 Å². The average molecular weight is 499 g/mol. The molecule has 34 heavy (non-hydrogen) atoms. The van der Waals surface area contributed by atoms with Crippen molar-refractivity contribution in [3.05, 3.63) is 65.9 Å². The van der Waals surface area contributed by atoms with Crippen LogP contribution in [0, 0.1) is 0 Å². The Bertz CT molecular complexity index is 1220. The number of esters is 1. The first kappa shape index (κ1) is 23.9. The van der Waals surface area contributed by atoms with E-state index in [1.807, 2.05) is 42.5 Å². The van der Waals surface area contributed by atoms with Crippen LogP contribution in [0.25, 0.3) is 10.8 Å². The van der Waals surface area contributed by atoms with Gasteiger partial charge >= 0.3 is 11.9 Å². The van der Waals surface area contributed by atoms with Crippen LogP contribution in [0.3, 0.4) is 0 Å². The summed E-state index contributed by atoms with van der Waals surface area (Å²) in [6, 6.07) is 13.2. The lowest BCUT2D eigenvalue weighted by atomic mass is 10.0. The van der Waals surface area contributed by atoms with Gasteiger partial charge < -0.3 is 15.2 Å². The van der Waals surface area contributed by atoms with E-state index >= 15 is 0 Å². The first-order valence-electron chi connectivity index (χ1n) is 10.5. The number of nitrogens with zero attached hydrogens (tertiary/aromatic N) is 1. The molecule has 0 aliphatic carbocycles. The third-order valence-electron chi connectivity index (χ3n) is 5.31. The zero-order valence-electron chi connectivity index (χ0n) is 18.2. The van der Waals surface area contributed by atoms with Crippen molar-refractivity contribution in [2.75, 3.05) is 18.1 Å². The number of carboxylic acids is 1. The normalized spacial score (nSPS) is 19.7. The lowest BCUT2D eigenvalue weighted by molar-refractivity contribution is -0.150. The van der Waals surface area contributed by atoms with Gasteiger partial charge in [-0.25, -0.2) is 4.79 Å². The van der Waals surface area contributed by atoms with Gasteiger partial charge in [0.25, 0.3) is 5.91 Å². The Balaban J connectivity index is 1.36. The summed E-state index contributed by atoms with van der Waals surface area (Å²) in [5.74, 6) is -1.90. The summed E-state index contributed by atoms with van der Waals surface area (Å²) in [7, 11) is 0. The van der Waals surface area contributed by atoms with Gasteiger partial charge in [0.1, 0.15) is 23.7 Å². The molecule has 0 saturated carbocycles. The number of carbonyl (C=O) groups excluding carboxylic acids is 3. The Labute approximate surface area is 204 Å². The van der Waals surface area contributed by atoms with Gasteiger partial charge in [0.05, 0.1) is 5.75 Å². The van der Waals surface area contributed by atoms with E-state index in [-0.39, 0.29) is 24.0 Å². The van der Waals surface area contributed by atoms with Crippen molar-refractivity contribution in [2.24, 2.45) is 0 Å². The number of allylic oxidation sites excluding steroid dienone is 1. The Morgan fingerprint density at radius 3 is 2.74 bits per heavy atom. The molecule has 10 heteroatoms. The summed E-state index contributed by atoms with van der Waals surface area (Å²) in [4.78, 5) is 50.1. The molecule has 176 valence electrons. The van der Waals surface area contributed by atoms with Gasteiger partial charge in [-0.1, -0.05) is 36.4 Å². The number of β-lactam (4-membered cyclic amide) rings is 1. The smallest absolute Gasteiger partial charge is 0.352 e. The predicted octanol–water partition coefficient (Wildman–Crippen LogP) is 2.79. The van der Waals surface area contributed by atoms with Gasteiger partial charge in [0.15, 0.2) is 0 Å². The number of thioether (sulfide) groups is 2. The third kappa shape index (κ3) is 5.13. The second-order valence-corrected chi connectivity index (χ2v) is 9.79. The molecule has 1 fully saturated rings. The van der Waals surface area contributed by atoms with Crippen LogP contribution in [0.15, 0.2) is 70.8 Å². The molecule has 0 bridgehead atoms. The molecule has 2 aromatic carbocycles. The molecule has 2 aliphatic rings. The van der Waals surface area contributed by atoms with Crippen molar-refractivity contribution >= 4 is 58.0 Å². The summed E-state index contributed by atoms with van der Waals surface area (Å²) >= 11 is 2.76. The van der Waals surface area contributed by atoms with Gasteiger partial charge in [-0.05, 0) is 34.6 Å². The molecule has 2 aromatic rings. The summed E-state index contributed by atoms with van der Waals surface area (Å²) in [6.07, 6.45) is 3.09. The van der Waals surface area contributed by atoms with E-state index < -0.39 is 29.3 Å². The zero-order valence-corrected chi connectivity index (χ0v) is 19.9. The zero-order chi connectivity index (χ0) is 24.2. The standard InChI is InChI=1S/C24H22N2O6S2/c1-14(27)32-10-4-7-17-12-34-23-20(22(29)26(23)21(17)24(30)31)25-19(28)13-33-18-9-8-15-5-2-3-6-16(15)11-18/h2-9,11,20,23H,10,12-13H2,1H3,(H,25,28)(H,30,31). The maximum absolute atomic E-state index is 12.7. The number of ether oxygens (including phenoxy) is 1. The fourth-order valence-electron chi connectivity index (χ4n) is 3.75. The highest BCUT2D eigenvalue weighted by atomic mass is 32.2. The Hall–Kier alpha value is -3.24. The van der Waals surface area contributed by atoms with Crippen LogP contribution in [-0.4, -0.2) is 63.3 Å². The van der Waals surface area contributed by atoms with E-state index in [2.05, 4.69) is 5.32 Å². The molecule has 1 saturated heterocycles. The number of benzene rings is 2. The van der Waals surface area contributed by atoms with Crippen molar-refractivity contribution in [3.8, 4) is 0 Å². The quantitative estimate of drug-likeness (QED) is 0.325. The molecule has 0 radical (unpaired) electrons. The number of hydrogen-bond acceptors (Lipinski definition) is 7. The summed E-state index contributed by atoms with van der Waals surface area (Å²) in [6.45, 7) is 1.30. The predicted molar refractivity (Wildman–Crippen MR) is 130 cm³/mol. The van der Waals surface area contributed by atoms with Crippen molar-refractivity contribution < 1.29 is 29.0 Å². The number of nitrogens with one attached hydrogen (secondary N) is 1. The monoisotopic (exact) mass is 498 g/mol. The number of carboxylic acid groups (broad SMARTS) is 1. The van der Waals surface area contributed by atoms with E-state index in [1.54, 1.807) is 6.08 Å². The van der Waals surface area contributed by atoms with Crippen molar-refractivity contribution in [3.63, 3.8) is 0 Å². The first-order chi connectivity index (χ1) is 16.3. The molecule has 2 N–H and O–H groups in total. The van der Waals surface area contributed by atoms with Gasteiger partial charge in [-0.3, -0.25) is 19.3 Å². The minimum Gasteiger partial charge on any atom is -0.477 e. The molecular formula is C24H22N2O6S2. The van der Waals surface area contributed by atoms with Crippen molar-refractivity contribution in [1.82, 2.24) is 10.2 Å². The minimum atomic E-state index is -1.22. The van der Waals surface area contributed by atoms with Gasteiger partial charge in [-0.15, -0.1) is 23.5 Å². The van der Waals surface area contributed by atoms with E-state index in [1.165, 1.54) is 41.4 Å². The molecule has 0 spiro atoms. The molecule has 2 heterocycles. The maximum Gasteiger partial charge on any atom is 0.352 e. The number of fused-ring (bicyclic) bond motifs is 2. The molecule has 4 rings (SSSR count). The number of amides is 2. The Kier molecular flexibility index (Phi) is 7.28. The van der Waals surface area contributed by atoms with Gasteiger partial charge in [-0.2, -0.15) is 0 Å². The highest BCUT2D eigenvalue weighted by molar-refractivity contribution is 8.00. The second-order valence-electron chi connectivity index (χ2n) is 7.64. The van der Waals surface area contributed by atoms with Crippen molar-refractivity contribution in [2.45, 2.75) is 23.2 Å². The van der Waals surface area contributed by atoms with Gasteiger partial charge in [0, 0.05) is 17.6 Å². The van der Waals surface area contributed by atoms with Crippen LogP contribution in [0.4, 0.5) is 0 Å². The first-order valence-corrected chi connectivity index (χ1v) is 12.5. The summed E-state index contributed by atoms with van der Waals surface area (Å²) in [5, 5.41) is 14.2. The van der Waals surface area contributed by atoms with Gasteiger partial charge in [0.2, 0.25) is 5.91 Å². The Morgan fingerprint density at radius 2 is 2.00 bits per heavy atom. The van der Waals surface area contributed by atoms with Crippen LogP contribution < -0.4 is 5.32 Å². The highest BCUT2D eigenvalue weighted by Gasteiger charge is 2.53. The van der Waals surface area contributed by atoms with E-state index in [0.29, 0.717) is 11.3 Å². The minimum absolute atomic E-state index is 0.0152. The number of hydrogen-bond donors (Lipinski definition) is 2. The Morgan fingerprint density at radius 1 is 1.24 bits per heavy atom. The van der Waals surface area contributed by atoms with E-state index in [4.69, 9.17) is 4.74 Å². The second kappa shape index (κ2) is 10.4. The van der Waals surface area contributed by atoms with E-state index in [0.717, 1.165) is 15.7 Å². The van der Waals surface area contributed by atoms with Crippen molar-refractivity contribution in [1.29, 1.82) is 0 Å². The molecule has 2 amide bonds. The number of rotatable bonds is 8. The SMILES string of the molecule is CC(=O)OCC=CC1=C(C(=O)O)N2C(=O)C(NC(=O)CSc3ccc4ccccc4c3)C2SC1.